The summed E-state index contributed by atoms with van der Waals surface area (Å²) >= 11 is 0. The number of fused-ring (bicyclic) bond motifs is 1. The number of nitrogens with zero attached hydrogens (tertiary/aromatic N) is 2. The summed E-state index contributed by atoms with van der Waals surface area (Å²) in [6.45, 7) is 1.47. The lowest BCUT2D eigenvalue weighted by atomic mass is 10.1. The summed E-state index contributed by atoms with van der Waals surface area (Å²) in [6.07, 6.45) is 1.37. The predicted molar refractivity (Wildman–Crippen MR) is 68.9 cm³/mol. The van der Waals surface area contributed by atoms with Gasteiger partial charge in [-0.25, -0.2) is 4.79 Å². The average Bonchev–Trinajstić information content (AvgIpc) is 2.71. The Bertz CT molecular complexity index is 527. The van der Waals surface area contributed by atoms with E-state index >= 15 is 0 Å². The third kappa shape index (κ3) is 1.72. The van der Waals surface area contributed by atoms with Crippen LogP contribution in [0.4, 0.5) is 16.2 Å². The van der Waals surface area contributed by atoms with Gasteiger partial charge in [0.25, 0.3) is 0 Å². The van der Waals surface area contributed by atoms with Gasteiger partial charge in [0.05, 0.1) is 0 Å². The lowest BCUT2D eigenvalue weighted by molar-refractivity contribution is -0.120. The van der Waals surface area contributed by atoms with Crippen LogP contribution in [0.3, 0.4) is 0 Å². The Kier molecular flexibility index (Phi) is 2.47. The van der Waals surface area contributed by atoms with Gasteiger partial charge in [-0.05, 0) is 30.2 Å². The van der Waals surface area contributed by atoms with Gasteiger partial charge in [0.1, 0.15) is 0 Å². The SMILES string of the molecule is CN1CCc2cc(N3CCC(=O)NC3=O)ccc21. The van der Waals surface area contributed by atoms with Crippen LogP contribution in [0, 0.1) is 0 Å². The van der Waals surface area contributed by atoms with Gasteiger partial charge < -0.3 is 4.90 Å². The molecule has 1 aromatic rings. The van der Waals surface area contributed by atoms with Crippen molar-refractivity contribution in [2.24, 2.45) is 0 Å². The van der Waals surface area contributed by atoms with E-state index in [0.29, 0.717) is 13.0 Å². The van der Waals surface area contributed by atoms with Crippen molar-refractivity contribution < 1.29 is 9.59 Å². The summed E-state index contributed by atoms with van der Waals surface area (Å²) in [5.74, 6) is -0.197. The van der Waals surface area contributed by atoms with Crippen LogP contribution in [0.1, 0.15) is 12.0 Å². The normalized spacial score (nSPS) is 18.9. The lowest BCUT2D eigenvalue weighted by Gasteiger charge is -2.27. The molecule has 0 unspecified atom stereocenters. The molecule has 94 valence electrons. The summed E-state index contributed by atoms with van der Waals surface area (Å²) in [7, 11) is 2.07. The maximum atomic E-state index is 11.8. The van der Waals surface area contributed by atoms with Crippen molar-refractivity contribution in [2.75, 3.05) is 29.9 Å². The number of benzene rings is 1. The Morgan fingerprint density at radius 3 is 2.78 bits per heavy atom. The summed E-state index contributed by atoms with van der Waals surface area (Å²) in [5, 5.41) is 2.34. The number of anilines is 2. The van der Waals surface area contributed by atoms with Crippen LogP contribution in [0.2, 0.25) is 0 Å². The molecule has 2 aliphatic rings. The van der Waals surface area contributed by atoms with Gasteiger partial charge in [0, 0.05) is 37.9 Å². The van der Waals surface area contributed by atoms with Crippen molar-refractivity contribution in [2.45, 2.75) is 12.8 Å². The largest absolute Gasteiger partial charge is 0.374 e. The molecule has 3 amide bonds. The van der Waals surface area contributed by atoms with E-state index in [1.54, 1.807) is 4.90 Å². The van der Waals surface area contributed by atoms with Crippen molar-refractivity contribution in [3.05, 3.63) is 23.8 Å². The van der Waals surface area contributed by atoms with Crippen molar-refractivity contribution in [1.82, 2.24) is 5.32 Å². The Hall–Kier alpha value is -2.04. The molecule has 2 heterocycles. The van der Waals surface area contributed by atoms with Gasteiger partial charge in [0.15, 0.2) is 0 Å². The van der Waals surface area contributed by atoms with Crippen LogP contribution in [-0.4, -0.2) is 32.1 Å². The van der Waals surface area contributed by atoms with Crippen molar-refractivity contribution in [3.63, 3.8) is 0 Å². The predicted octanol–water partition coefficient (Wildman–Crippen LogP) is 1.13. The minimum Gasteiger partial charge on any atom is -0.374 e. The molecule has 0 radical (unpaired) electrons. The fourth-order valence-electron chi connectivity index (χ4n) is 2.53. The van der Waals surface area contributed by atoms with E-state index in [1.165, 1.54) is 11.3 Å². The molecular weight excluding hydrogens is 230 g/mol. The Labute approximate surface area is 105 Å². The van der Waals surface area contributed by atoms with Gasteiger partial charge in [-0.15, -0.1) is 0 Å². The van der Waals surface area contributed by atoms with Crippen LogP contribution in [0.5, 0.6) is 0 Å². The first kappa shape index (κ1) is 11.1. The maximum absolute atomic E-state index is 11.8. The molecule has 18 heavy (non-hydrogen) atoms. The lowest BCUT2D eigenvalue weighted by Crippen LogP contribution is -2.49. The summed E-state index contributed by atoms with van der Waals surface area (Å²) in [6, 6.07) is 5.71. The van der Waals surface area contributed by atoms with Gasteiger partial charge >= 0.3 is 6.03 Å². The van der Waals surface area contributed by atoms with Crippen molar-refractivity contribution in [3.8, 4) is 0 Å². The molecule has 0 bridgehead atoms. The molecule has 1 fully saturated rings. The first-order chi connectivity index (χ1) is 8.65. The minimum absolute atomic E-state index is 0.197. The number of hydrogen-bond donors (Lipinski definition) is 1. The van der Waals surface area contributed by atoms with Crippen LogP contribution in [0.15, 0.2) is 18.2 Å². The average molecular weight is 245 g/mol. The molecule has 1 N–H and O–H groups in total. The molecule has 3 rings (SSSR count). The van der Waals surface area contributed by atoms with E-state index in [4.69, 9.17) is 0 Å². The standard InChI is InChI=1S/C13H15N3O2/c1-15-6-4-9-8-10(2-3-11(9)15)16-7-5-12(17)14-13(16)18/h2-3,8H,4-7H2,1H3,(H,14,17,18). The zero-order chi connectivity index (χ0) is 12.7. The molecule has 1 aromatic carbocycles. The number of carbonyl (C=O) groups excluding carboxylic acids is 2. The van der Waals surface area contributed by atoms with E-state index in [1.807, 2.05) is 18.2 Å². The second-order valence-electron chi connectivity index (χ2n) is 4.74. The summed E-state index contributed by atoms with van der Waals surface area (Å²) < 4.78 is 0. The third-order valence-corrected chi connectivity index (χ3v) is 3.56. The second-order valence-corrected chi connectivity index (χ2v) is 4.74. The molecule has 0 spiro atoms. The number of likely N-dealkylation sites (N-methyl/N-ethyl adjacent to an activating group) is 1. The van der Waals surface area contributed by atoms with Crippen LogP contribution in [0.25, 0.3) is 0 Å². The van der Waals surface area contributed by atoms with E-state index < -0.39 is 0 Å². The second kappa shape index (κ2) is 4.01. The number of carbonyl (C=O) groups is 2. The minimum atomic E-state index is -0.322. The smallest absolute Gasteiger partial charge is 0.328 e. The zero-order valence-corrected chi connectivity index (χ0v) is 10.3. The fourth-order valence-corrected chi connectivity index (χ4v) is 2.53. The summed E-state index contributed by atoms with van der Waals surface area (Å²) in [5.41, 5.74) is 3.36. The third-order valence-electron chi connectivity index (χ3n) is 3.56. The number of rotatable bonds is 1. The Morgan fingerprint density at radius 1 is 1.17 bits per heavy atom. The monoisotopic (exact) mass is 245 g/mol. The number of imide groups is 1. The van der Waals surface area contributed by atoms with Crippen molar-refractivity contribution in [1.29, 1.82) is 0 Å². The molecule has 0 aromatic heterocycles. The number of urea groups is 1. The molecule has 0 saturated carbocycles. The molecule has 2 aliphatic heterocycles. The highest BCUT2D eigenvalue weighted by Crippen LogP contribution is 2.31. The van der Waals surface area contributed by atoms with E-state index in [9.17, 15) is 9.59 Å². The molecule has 0 atom stereocenters. The van der Waals surface area contributed by atoms with E-state index in [2.05, 4.69) is 17.3 Å². The maximum Gasteiger partial charge on any atom is 0.328 e. The molecule has 5 nitrogen and oxygen atoms in total. The van der Waals surface area contributed by atoms with Gasteiger partial charge in [-0.1, -0.05) is 0 Å². The van der Waals surface area contributed by atoms with Crippen LogP contribution < -0.4 is 15.1 Å². The molecular formula is C13H15N3O2. The topological polar surface area (TPSA) is 52.6 Å². The molecule has 0 aliphatic carbocycles. The quantitative estimate of drug-likeness (QED) is 0.806. The van der Waals surface area contributed by atoms with Crippen molar-refractivity contribution >= 4 is 23.3 Å². The van der Waals surface area contributed by atoms with Gasteiger partial charge in [0.2, 0.25) is 5.91 Å². The first-order valence-electron chi connectivity index (χ1n) is 6.10. The first-order valence-corrected chi connectivity index (χ1v) is 6.10. The Morgan fingerprint density at radius 2 is 2.00 bits per heavy atom. The highest BCUT2D eigenvalue weighted by Gasteiger charge is 2.25. The number of amides is 3. The van der Waals surface area contributed by atoms with E-state index in [0.717, 1.165) is 18.7 Å². The van der Waals surface area contributed by atoms with E-state index in [-0.39, 0.29) is 11.9 Å². The van der Waals surface area contributed by atoms with Crippen LogP contribution >= 0.6 is 0 Å². The molecule has 1 saturated heterocycles. The van der Waals surface area contributed by atoms with Crippen LogP contribution in [-0.2, 0) is 11.2 Å². The van der Waals surface area contributed by atoms with Gasteiger partial charge in [-0.3, -0.25) is 15.0 Å². The molecule has 5 heteroatoms. The highest BCUT2D eigenvalue weighted by molar-refractivity contribution is 6.05. The number of hydrogen-bond acceptors (Lipinski definition) is 3. The highest BCUT2D eigenvalue weighted by atomic mass is 16.2. The number of nitrogens with one attached hydrogen (secondary N) is 1. The Balaban J connectivity index is 1.89. The zero-order valence-electron chi connectivity index (χ0n) is 10.3. The van der Waals surface area contributed by atoms with Gasteiger partial charge in [-0.2, -0.15) is 0 Å². The summed E-state index contributed by atoms with van der Waals surface area (Å²) in [4.78, 5) is 26.7. The fraction of sp³-hybridized carbons (Fsp3) is 0.385.